The number of hydrogen-bond acceptors (Lipinski definition) is 2. The molecule has 0 bridgehead atoms. The van der Waals surface area contributed by atoms with Gasteiger partial charge in [-0.05, 0) is 48.4 Å². The van der Waals surface area contributed by atoms with E-state index in [9.17, 15) is 14.0 Å². The highest BCUT2D eigenvalue weighted by Gasteiger charge is 2.20. The van der Waals surface area contributed by atoms with Crippen molar-refractivity contribution in [3.05, 3.63) is 100 Å². The molecule has 0 aliphatic carbocycles. The number of amides is 2. The maximum atomic E-state index is 13.3. The third-order valence-electron chi connectivity index (χ3n) is 4.48. The Labute approximate surface area is 173 Å². The molecule has 2 amide bonds. The van der Waals surface area contributed by atoms with E-state index < -0.39 is 6.04 Å². The Kier molecular flexibility index (Phi) is 6.62. The second-order valence-corrected chi connectivity index (χ2v) is 7.04. The highest BCUT2D eigenvalue weighted by atomic mass is 35.5. The Morgan fingerprint density at radius 2 is 1.69 bits per heavy atom. The molecule has 4 nitrogen and oxygen atoms in total. The molecule has 3 rings (SSSR count). The first-order chi connectivity index (χ1) is 13.9. The highest BCUT2D eigenvalue weighted by molar-refractivity contribution is 6.33. The molecule has 0 heterocycles. The number of hydrogen-bond donors (Lipinski definition) is 2. The largest absolute Gasteiger partial charge is 0.345 e. The van der Waals surface area contributed by atoms with Crippen LogP contribution in [0.2, 0.25) is 5.02 Å². The van der Waals surface area contributed by atoms with Gasteiger partial charge in [-0.1, -0.05) is 54.1 Å². The van der Waals surface area contributed by atoms with Crippen molar-refractivity contribution in [1.82, 2.24) is 5.32 Å². The van der Waals surface area contributed by atoms with Crippen molar-refractivity contribution in [3.8, 4) is 0 Å². The predicted octanol–water partition coefficient (Wildman–Crippen LogP) is 5.29. The smallest absolute Gasteiger partial charge is 0.253 e. The number of benzene rings is 3. The average molecular weight is 411 g/mol. The fraction of sp³-hybridized carbons (Fsp3) is 0.130. The highest BCUT2D eigenvalue weighted by Crippen LogP contribution is 2.22. The number of carbonyl (C=O) groups excluding carboxylic acids is 2. The Balaban J connectivity index is 1.78. The monoisotopic (exact) mass is 410 g/mol. The van der Waals surface area contributed by atoms with Crippen molar-refractivity contribution in [2.45, 2.75) is 19.4 Å². The van der Waals surface area contributed by atoms with Crippen LogP contribution in [0.4, 0.5) is 10.1 Å². The standard InChI is InChI=1S/C23H20ClFN2O2/c1-15-13-17(25)11-12-20(15)26-22(28)14-21(16-7-3-2-4-8-16)27-23(29)18-9-5-6-10-19(18)24/h2-13,21H,14H2,1H3,(H,26,28)(H,27,29). The van der Waals surface area contributed by atoms with Crippen LogP contribution < -0.4 is 10.6 Å². The van der Waals surface area contributed by atoms with Gasteiger partial charge in [-0.3, -0.25) is 9.59 Å². The molecular formula is C23H20ClFN2O2. The van der Waals surface area contributed by atoms with Crippen LogP contribution in [-0.4, -0.2) is 11.8 Å². The normalized spacial score (nSPS) is 11.6. The lowest BCUT2D eigenvalue weighted by atomic mass is 10.0. The van der Waals surface area contributed by atoms with E-state index in [1.54, 1.807) is 31.2 Å². The molecule has 29 heavy (non-hydrogen) atoms. The fourth-order valence-corrected chi connectivity index (χ4v) is 3.19. The summed E-state index contributed by atoms with van der Waals surface area (Å²) in [5, 5.41) is 6.00. The lowest BCUT2D eigenvalue weighted by Gasteiger charge is -2.20. The van der Waals surface area contributed by atoms with Crippen LogP contribution in [-0.2, 0) is 4.79 Å². The molecule has 0 aliphatic rings. The van der Waals surface area contributed by atoms with E-state index in [1.165, 1.54) is 18.2 Å². The van der Waals surface area contributed by atoms with Crippen molar-refractivity contribution in [1.29, 1.82) is 0 Å². The molecule has 148 valence electrons. The molecule has 2 N–H and O–H groups in total. The van der Waals surface area contributed by atoms with Gasteiger partial charge in [-0.25, -0.2) is 4.39 Å². The summed E-state index contributed by atoms with van der Waals surface area (Å²) in [6.07, 6.45) is 0.0109. The first-order valence-electron chi connectivity index (χ1n) is 9.10. The van der Waals surface area contributed by atoms with Crippen LogP contribution in [0.3, 0.4) is 0 Å². The SMILES string of the molecule is Cc1cc(F)ccc1NC(=O)CC(NC(=O)c1ccccc1Cl)c1ccccc1. The number of anilines is 1. The zero-order valence-corrected chi connectivity index (χ0v) is 16.5. The van der Waals surface area contributed by atoms with Crippen molar-refractivity contribution in [2.75, 3.05) is 5.32 Å². The summed E-state index contributed by atoms with van der Waals surface area (Å²) in [5.74, 6) is -1.03. The van der Waals surface area contributed by atoms with Crippen molar-refractivity contribution in [2.24, 2.45) is 0 Å². The van der Waals surface area contributed by atoms with Gasteiger partial charge in [-0.15, -0.1) is 0 Å². The van der Waals surface area contributed by atoms with Gasteiger partial charge in [0.15, 0.2) is 0 Å². The summed E-state index contributed by atoms with van der Waals surface area (Å²) >= 11 is 6.12. The molecule has 6 heteroatoms. The lowest BCUT2D eigenvalue weighted by molar-refractivity contribution is -0.116. The lowest BCUT2D eigenvalue weighted by Crippen LogP contribution is -2.31. The number of nitrogens with one attached hydrogen (secondary N) is 2. The van der Waals surface area contributed by atoms with E-state index in [4.69, 9.17) is 11.6 Å². The maximum Gasteiger partial charge on any atom is 0.253 e. The molecule has 1 unspecified atom stereocenters. The fourth-order valence-electron chi connectivity index (χ4n) is 2.97. The van der Waals surface area contributed by atoms with Crippen LogP contribution in [0, 0.1) is 12.7 Å². The first-order valence-corrected chi connectivity index (χ1v) is 9.48. The third-order valence-corrected chi connectivity index (χ3v) is 4.81. The minimum atomic E-state index is -0.555. The molecule has 0 aromatic heterocycles. The zero-order chi connectivity index (χ0) is 20.8. The summed E-state index contributed by atoms with van der Waals surface area (Å²) in [6, 6.07) is 19.6. The van der Waals surface area contributed by atoms with Crippen LogP contribution in [0.15, 0.2) is 72.8 Å². The Morgan fingerprint density at radius 1 is 1.00 bits per heavy atom. The van der Waals surface area contributed by atoms with E-state index >= 15 is 0 Å². The molecule has 0 radical (unpaired) electrons. The molecule has 3 aromatic carbocycles. The van der Waals surface area contributed by atoms with Crippen molar-refractivity contribution >= 4 is 29.1 Å². The Bertz CT molecular complexity index is 1020. The van der Waals surface area contributed by atoms with Crippen LogP contribution in [0.1, 0.15) is 33.9 Å². The number of carbonyl (C=O) groups is 2. The maximum absolute atomic E-state index is 13.3. The Morgan fingerprint density at radius 3 is 2.38 bits per heavy atom. The van der Waals surface area contributed by atoms with Gasteiger partial charge < -0.3 is 10.6 Å². The van der Waals surface area contributed by atoms with Crippen molar-refractivity contribution in [3.63, 3.8) is 0 Å². The van der Waals surface area contributed by atoms with Gasteiger partial charge in [-0.2, -0.15) is 0 Å². The molecular weight excluding hydrogens is 391 g/mol. The van der Waals surface area contributed by atoms with Gasteiger partial charge in [0.05, 0.1) is 23.0 Å². The third kappa shape index (κ3) is 5.42. The summed E-state index contributed by atoms with van der Waals surface area (Å²) < 4.78 is 13.3. The molecule has 1 atom stereocenters. The molecule has 0 saturated heterocycles. The number of aryl methyl sites for hydroxylation is 1. The van der Waals surface area contributed by atoms with Crippen LogP contribution in [0.5, 0.6) is 0 Å². The van der Waals surface area contributed by atoms with Gasteiger partial charge in [0.2, 0.25) is 5.91 Å². The van der Waals surface area contributed by atoms with Crippen LogP contribution >= 0.6 is 11.6 Å². The van der Waals surface area contributed by atoms with E-state index in [0.29, 0.717) is 21.8 Å². The first kappa shape index (κ1) is 20.6. The summed E-state index contributed by atoms with van der Waals surface area (Å²) in [5.41, 5.74) is 2.28. The van der Waals surface area contributed by atoms with E-state index in [-0.39, 0.29) is 24.1 Å². The van der Waals surface area contributed by atoms with E-state index in [2.05, 4.69) is 10.6 Å². The van der Waals surface area contributed by atoms with Gasteiger partial charge in [0.25, 0.3) is 5.91 Å². The van der Waals surface area contributed by atoms with Gasteiger partial charge >= 0.3 is 0 Å². The molecule has 0 spiro atoms. The second-order valence-electron chi connectivity index (χ2n) is 6.63. The molecule has 0 fully saturated rings. The van der Waals surface area contributed by atoms with Gasteiger partial charge in [0, 0.05) is 5.69 Å². The summed E-state index contributed by atoms with van der Waals surface area (Å²) in [6.45, 7) is 1.71. The molecule has 0 saturated carbocycles. The quantitative estimate of drug-likeness (QED) is 0.580. The zero-order valence-electron chi connectivity index (χ0n) is 15.8. The predicted molar refractivity (Wildman–Crippen MR) is 112 cm³/mol. The molecule has 0 aliphatic heterocycles. The second kappa shape index (κ2) is 9.34. The Hall–Kier alpha value is -3.18. The van der Waals surface area contributed by atoms with Crippen molar-refractivity contribution < 1.29 is 14.0 Å². The topological polar surface area (TPSA) is 58.2 Å². The minimum Gasteiger partial charge on any atom is -0.345 e. The number of halogens is 2. The van der Waals surface area contributed by atoms with E-state index in [0.717, 1.165) is 5.56 Å². The van der Waals surface area contributed by atoms with Gasteiger partial charge in [0.1, 0.15) is 5.82 Å². The van der Waals surface area contributed by atoms with Crippen LogP contribution in [0.25, 0.3) is 0 Å². The number of rotatable bonds is 6. The van der Waals surface area contributed by atoms with E-state index in [1.807, 2.05) is 30.3 Å². The average Bonchev–Trinajstić information content (AvgIpc) is 2.70. The molecule has 3 aromatic rings. The summed E-state index contributed by atoms with van der Waals surface area (Å²) in [7, 11) is 0. The minimum absolute atomic E-state index is 0.0109. The summed E-state index contributed by atoms with van der Waals surface area (Å²) in [4.78, 5) is 25.3.